The Kier molecular flexibility index (Phi) is 4.29. The van der Waals surface area contributed by atoms with E-state index in [1.165, 1.54) is 31.2 Å². The third-order valence-electron chi connectivity index (χ3n) is 3.31. The maximum absolute atomic E-state index is 4.18. The SMILES string of the molecule is CSC1CCCC(NCc2cnn(C)c2)C1. The Hall–Kier alpha value is -0.480. The molecule has 1 aliphatic carbocycles. The normalized spacial score (nSPS) is 25.9. The quantitative estimate of drug-likeness (QED) is 0.873. The summed E-state index contributed by atoms with van der Waals surface area (Å²) in [5.74, 6) is 0. The molecule has 0 radical (unpaired) electrons. The lowest BCUT2D eigenvalue weighted by Gasteiger charge is -2.28. The summed E-state index contributed by atoms with van der Waals surface area (Å²) in [6.07, 6.45) is 11.7. The Morgan fingerprint density at radius 1 is 1.56 bits per heavy atom. The van der Waals surface area contributed by atoms with E-state index in [2.05, 4.69) is 22.9 Å². The maximum atomic E-state index is 4.18. The molecule has 90 valence electrons. The Morgan fingerprint density at radius 2 is 2.44 bits per heavy atom. The summed E-state index contributed by atoms with van der Waals surface area (Å²) in [7, 11) is 1.97. The van der Waals surface area contributed by atoms with Gasteiger partial charge in [0.05, 0.1) is 6.20 Å². The predicted molar refractivity (Wildman–Crippen MR) is 69.6 cm³/mol. The molecule has 0 aliphatic heterocycles. The molecule has 2 atom stereocenters. The van der Waals surface area contributed by atoms with E-state index in [1.807, 2.05) is 29.7 Å². The van der Waals surface area contributed by atoms with Crippen molar-refractivity contribution < 1.29 is 0 Å². The van der Waals surface area contributed by atoms with E-state index >= 15 is 0 Å². The second-order valence-electron chi connectivity index (χ2n) is 4.62. The van der Waals surface area contributed by atoms with Crippen LogP contribution in [0.2, 0.25) is 0 Å². The van der Waals surface area contributed by atoms with Gasteiger partial charge >= 0.3 is 0 Å². The number of rotatable bonds is 4. The van der Waals surface area contributed by atoms with Crippen LogP contribution in [-0.2, 0) is 13.6 Å². The van der Waals surface area contributed by atoms with Gasteiger partial charge in [0.1, 0.15) is 0 Å². The zero-order valence-corrected chi connectivity index (χ0v) is 11.0. The molecule has 0 amide bonds. The summed E-state index contributed by atoms with van der Waals surface area (Å²) in [5.41, 5.74) is 1.29. The molecule has 1 heterocycles. The van der Waals surface area contributed by atoms with Crippen molar-refractivity contribution in [3.05, 3.63) is 18.0 Å². The third-order valence-corrected chi connectivity index (χ3v) is 4.41. The van der Waals surface area contributed by atoms with Crippen molar-refractivity contribution in [2.24, 2.45) is 7.05 Å². The van der Waals surface area contributed by atoms with Gasteiger partial charge in [-0.2, -0.15) is 16.9 Å². The van der Waals surface area contributed by atoms with Crippen molar-refractivity contribution in [1.82, 2.24) is 15.1 Å². The minimum atomic E-state index is 0.700. The molecule has 16 heavy (non-hydrogen) atoms. The summed E-state index contributed by atoms with van der Waals surface area (Å²) < 4.78 is 1.86. The highest BCUT2D eigenvalue weighted by Gasteiger charge is 2.20. The van der Waals surface area contributed by atoms with E-state index in [-0.39, 0.29) is 0 Å². The Morgan fingerprint density at radius 3 is 3.12 bits per heavy atom. The summed E-state index contributed by atoms with van der Waals surface area (Å²) in [5, 5.41) is 8.69. The molecule has 0 aromatic carbocycles. The van der Waals surface area contributed by atoms with Gasteiger partial charge in [-0.3, -0.25) is 4.68 Å². The van der Waals surface area contributed by atoms with Crippen LogP contribution in [0.5, 0.6) is 0 Å². The highest BCUT2D eigenvalue weighted by molar-refractivity contribution is 7.99. The van der Waals surface area contributed by atoms with Crippen molar-refractivity contribution >= 4 is 11.8 Å². The third kappa shape index (κ3) is 3.25. The number of nitrogens with one attached hydrogen (secondary N) is 1. The second-order valence-corrected chi connectivity index (χ2v) is 5.76. The number of nitrogens with zero attached hydrogens (tertiary/aromatic N) is 2. The van der Waals surface area contributed by atoms with Crippen LogP contribution in [0.25, 0.3) is 0 Å². The molecule has 0 bridgehead atoms. The number of aromatic nitrogens is 2. The number of thioether (sulfide) groups is 1. The van der Waals surface area contributed by atoms with E-state index in [0.717, 1.165) is 11.8 Å². The molecule has 1 aliphatic rings. The molecule has 0 spiro atoms. The van der Waals surface area contributed by atoms with Gasteiger partial charge in [0.2, 0.25) is 0 Å². The molecule has 1 N–H and O–H groups in total. The Bertz CT molecular complexity index is 324. The minimum absolute atomic E-state index is 0.700. The highest BCUT2D eigenvalue weighted by atomic mass is 32.2. The van der Waals surface area contributed by atoms with Crippen molar-refractivity contribution in [3.63, 3.8) is 0 Å². The molecule has 1 saturated carbocycles. The van der Waals surface area contributed by atoms with Crippen molar-refractivity contribution in [2.45, 2.75) is 43.5 Å². The molecular formula is C12H21N3S. The smallest absolute Gasteiger partial charge is 0.0534 e. The van der Waals surface area contributed by atoms with E-state index in [4.69, 9.17) is 0 Å². The first-order valence-electron chi connectivity index (χ1n) is 6.01. The Labute approximate surface area is 102 Å². The fourth-order valence-corrected chi connectivity index (χ4v) is 3.20. The van der Waals surface area contributed by atoms with Gasteiger partial charge < -0.3 is 5.32 Å². The molecule has 3 nitrogen and oxygen atoms in total. The van der Waals surface area contributed by atoms with E-state index in [0.29, 0.717) is 6.04 Å². The van der Waals surface area contributed by atoms with E-state index < -0.39 is 0 Å². The first kappa shape index (κ1) is 12.0. The molecule has 1 aromatic rings. The monoisotopic (exact) mass is 239 g/mol. The van der Waals surface area contributed by atoms with Crippen molar-refractivity contribution in [1.29, 1.82) is 0 Å². The van der Waals surface area contributed by atoms with Gasteiger partial charge in [-0.25, -0.2) is 0 Å². The van der Waals surface area contributed by atoms with Crippen LogP contribution in [0.3, 0.4) is 0 Å². The molecule has 4 heteroatoms. The van der Waals surface area contributed by atoms with Crippen LogP contribution in [0.15, 0.2) is 12.4 Å². The molecule has 2 rings (SSSR count). The van der Waals surface area contributed by atoms with Crippen molar-refractivity contribution in [3.8, 4) is 0 Å². The van der Waals surface area contributed by atoms with Crippen LogP contribution in [0.1, 0.15) is 31.2 Å². The highest BCUT2D eigenvalue weighted by Crippen LogP contribution is 2.26. The molecule has 0 saturated heterocycles. The second kappa shape index (κ2) is 5.73. The standard InChI is InChI=1S/C12H21N3S/c1-15-9-10(8-14-15)7-13-11-4-3-5-12(6-11)16-2/h8-9,11-13H,3-7H2,1-2H3. The summed E-state index contributed by atoms with van der Waals surface area (Å²) in [4.78, 5) is 0. The summed E-state index contributed by atoms with van der Waals surface area (Å²) in [6.45, 7) is 0.958. The van der Waals surface area contributed by atoms with Crippen LogP contribution < -0.4 is 5.32 Å². The first-order chi connectivity index (χ1) is 7.78. The molecule has 1 aromatic heterocycles. The van der Waals surface area contributed by atoms with Crippen molar-refractivity contribution in [2.75, 3.05) is 6.26 Å². The van der Waals surface area contributed by atoms with Gasteiger partial charge in [-0.1, -0.05) is 6.42 Å². The average Bonchev–Trinajstić information content (AvgIpc) is 2.73. The number of aryl methyl sites for hydroxylation is 1. The number of hydrogen-bond acceptors (Lipinski definition) is 3. The fourth-order valence-electron chi connectivity index (χ4n) is 2.37. The first-order valence-corrected chi connectivity index (χ1v) is 7.30. The van der Waals surface area contributed by atoms with Gasteiger partial charge in [0.25, 0.3) is 0 Å². The molecule has 2 unspecified atom stereocenters. The predicted octanol–water partition coefficient (Wildman–Crippen LogP) is 2.18. The average molecular weight is 239 g/mol. The lowest BCUT2D eigenvalue weighted by atomic mass is 9.95. The minimum Gasteiger partial charge on any atom is -0.310 e. The van der Waals surface area contributed by atoms with Crippen LogP contribution >= 0.6 is 11.8 Å². The summed E-state index contributed by atoms with van der Waals surface area (Å²) in [6, 6.07) is 0.700. The topological polar surface area (TPSA) is 29.9 Å². The maximum Gasteiger partial charge on any atom is 0.0534 e. The number of hydrogen-bond donors (Lipinski definition) is 1. The largest absolute Gasteiger partial charge is 0.310 e. The van der Waals surface area contributed by atoms with Gasteiger partial charge in [0, 0.05) is 36.6 Å². The lowest BCUT2D eigenvalue weighted by Crippen LogP contribution is -2.34. The molecule has 1 fully saturated rings. The van der Waals surface area contributed by atoms with Crippen LogP contribution in [0, 0.1) is 0 Å². The van der Waals surface area contributed by atoms with E-state index in [1.54, 1.807) is 0 Å². The lowest BCUT2D eigenvalue weighted by molar-refractivity contribution is 0.380. The Balaban J connectivity index is 1.77. The molecular weight excluding hydrogens is 218 g/mol. The van der Waals surface area contributed by atoms with Crippen LogP contribution in [-0.4, -0.2) is 27.3 Å². The summed E-state index contributed by atoms with van der Waals surface area (Å²) >= 11 is 2.02. The zero-order valence-electron chi connectivity index (χ0n) is 10.1. The van der Waals surface area contributed by atoms with E-state index in [9.17, 15) is 0 Å². The van der Waals surface area contributed by atoms with Crippen LogP contribution in [0.4, 0.5) is 0 Å². The van der Waals surface area contributed by atoms with Gasteiger partial charge in [-0.05, 0) is 25.5 Å². The zero-order chi connectivity index (χ0) is 11.4. The van der Waals surface area contributed by atoms with Gasteiger partial charge in [0.15, 0.2) is 0 Å². The van der Waals surface area contributed by atoms with Gasteiger partial charge in [-0.15, -0.1) is 0 Å². The fraction of sp³-hybridized carbons (Fsp3) is 0.750.